The summed E-state index contributed by atoms with van der Waals surface area (Å²) in [4.78, 5) is 15.1. The van der Waals surface area contributed by atoms with Crippen molar-refractivity contribution in [3.05, 3.63) is 23.8 Å². The standard InChI is InChI=1S/C22H34N2O4S/c1-5-10-23(15-18-6-7-18)22(25)19-8-9-20(28-4)21(12-19)29(26,27)24-13-16(2)11-17(3)14-24/h8-9,12,16-18H,5-7,10-11,13-15H2,1-4H3. The van der Waals surface area contributed by atoms with Crippen LogP contribution in [-0.4, -0.2) is 56.8 Å². The van der Waals surface area contributed by atoms with Crippen molar-refractivity contribution in [2.24, 2.45) is 17.8 Å². The van der Waals surface area contributed by atoms with E-state index >= 15 is 0 Å². The Morgan fingerprint density at radius 3 is 2.41 bits per heavy atom. The number of piperidine rings is 1. The van der Waals surface area contributed by atoms with Crippen molar-refractivity contribution in [1.29, 1.82) is 0 Å². The molecule has 2 aliphatic rings. The fourth-order valence-corrected chi connectivity index (χ4v) is 6.15. The van der Waals surface area contributed by atoms with E-state index in [2.05, 4.69) is 20.8 Å². The predicted molar refractivity (Wildman–Crippen MR) is 114 cm³/mol. The Balaban J connectivity index is 1.92. The second kappa shape index (κ2) is 9.04. The number of benzene rings is 1. The molecule has 3 rings (SSSR count). The lowest BCUT2D eigenvalue weighted by Crippen LogP contribution is -2.42. The van der Waals surface area contributed by atoms with E-state index in [-0.39, 0.29) is 16.6 Å². The fourth-order valence-electron chi connectivity index (χ4n) is 4.29. The summed E-state index contributed by atoms with van der Waals surface area (Å²) in [7, 11) is -2.27. The van der Waals surface area contributed by atoms with Gasteiger partial charge in [0.2, 0.25) is 10.0 Å². The second-order valence-corrected chi connectivity index (χ2v) is 10.7. The van der Waals surface area contributed by atoms with Crippen LogP contribution in [0.5, 0.6) is 5.75 Å². The number of hydrogen-bond acceptors (Lipinski definition) is 4. The van der Waals surface area contributed by atoms with Gasteiger partial charge >= 0.3 is 0 Å². The molecule has 1 aromatic rings. The van der Waals surface area contributed by atoms with E-state index in [0.717, 1.165) is 19.4 Å². The molecule has 2 fully saturated rings. The maximum Gasteiger partial charge on any atom is 0.253 e. The van der Waals surface area contributed by atoms with Gasteiger partial charge in [-0.05, 0) is 61.6 Å². The van der Waals surface area contributed by atoms with Crippen molar-refractivity contribution < 1.29 is 17.9 Å². The van der Waals surface area contributed by atoms with Crippen molar-refractivity contribution in [3.63, 3.8) is 0 Å². The maximum atomic E-state index is 13.4. The van der Waals surface area contributed by atoms with Gasteiger partial charge in [0.05, 0.1) is 7.11 Å². The molecule has 162 valence electrons. The van der Waals surface area contributed by atoms with Crippen LogP contribution in [0.1, 0.15) is 56.8 Å². The molecule has 2 atom stereocenters. The molecule has 29 heavy (non-hydrogen) atoms. The van der Waals surface area contributed by atoms with Crippen LogP contribution >= 0.6 is 0 Å². The Hall–Kier alpha value is -1.60. The topological polar surface area (TPSA) is 66.9 Å². The Bertz CT molecular complexity index is 825. The van der Waals surface area contributed by atoms with E-state index in [9.17, 15) is 13.2 Å². The van der Waals surface area contributed by atoms with Crippen LogP contribution in [-0.2, 0) is 10.0 Å². The van der Waals surface area contributed by atoms with Gasteiger partial charge in [0, 0.05) is 31.7 Å². The molecule has 1 saturated heterocycles. The van der Waals surface area contributed by atoms with Gasteiger partial charge < -0.3 is 9.64 Å². The molecule has 6 nitrogen and oxygen atoms in total. The summed E-state index contributed by atoms with van der Waals surface area (Å²) >= 11 is 0. The van der Waals surface area contributed by atoms with Crippen LogP contribution in [0.2, 0.25) is 0 Å². The number of rotatable bonds is 8. The van der Waals surface area contributed by atoms with Gasteiger partial charge in [-0.2, -0.15) is 4.31 Å². The number of methoxy groups -OCH3 is 1. The van der Waals surface area contributed by atoms with Gasteiger partial charge in [0.1, 0.15) is 10.6 Å². The summed E-state index contributed by atoms with van der Waals surface area (Å²) in [5, 5.41) is 0. The minimum atomic E-state index is -3.74. The van der Waals surface area contributed by atoms with Crippen LogP contribution in [0.4, 0.5) is 0 Å². The summed E-state index contributed by atoms with van der Waals surface area (Å²) in [6.45, 7) is 8.64. The number of amides is 1. The van der Waals surface area contributed by atoms with Crippen molar-refractivity contribution in [1.82, 2.24) is 9.21 Å². The summed E-state index contributed by atoms with van der Waals surface area (Å²) < 4.78 is 33.8. The molecule has 1 aliphatic carbocycles. The van der Waals surface area contributed by atoms with Gasteiger partial charge in [-0.15, -0.1) is 0 Å². The first kappa shape index (κ1) is 22.1. The minimum Gasteiger partial charge on any atom is -0.495 e. The molecular formula is C22H34N2O4S. The average Bonchev–Trinajstić information content (AvgIpc) is 3.50. The van der Waals surface area contributed by atoms with Gasteiger partial charge in [-0.1, -0.05) is 20.8 Å². The van der Waals surface area contributed by atoms with Crippen LogP contribution < -0.4 is 4.74 Å². The molecule has 0 aromatic heterocycles. The van der Waals surface area contributed by atoms with Gasteiger partial charge in [0.15, 0.2) is 0 Å². The lowest BCUT2D eigenvalue weighted by Gasteiger charge is -2.34. The Labute approximate surface area is 175 Å². The smallest absolute Gasteiger partial charge is 0.253 e. The zero-order valence-corrected chi connectivity index (χ0v) is 18.9. The molecule has 1 amide bonds. The number of hydrogen-bond donors (Lipinski definition) is 0. The predicted octanol–water partition coefficient (Wildman–Crippen LogP) is 3.62. The highest BCUT2D eigenvalue weighted by Gasteiger charge is 2.34. The molecule has 2 unspecified atom stereocenters. The summed E-state index contributed by atoms with van der Waals surface area (Å²) in [6, 6.07) is 4.80. The maximum absolute atomic E-state index is 13.4. The largest absolute Gasteiger partial charge is 0.495 e. The van der Waals surface area contributed by atoms with Gasteiger partial charge in [0.25, 0.3) is 5.91 Å². The van der Waals surface area contributed by atoms with Crippen LogP contribution in [0.25, 0.3) is 0 Å². The second-order valence-electron chi connectivity index (χ2n) is 8.83. The Morgan fingerprint density at radius 1 is 1.21 bits per heavy atom. The molecule has 0 N–H and O–H groups in total. The molecule has 1 aliphatic heterocycles. The third kappa shape index (κ3) is 5.12. The summed E-state index contributed by atoms with van der Waals surface area (Å²) in [5.41, 5.74) is 0.414. The molecule has 1 heterocycles. The normalized spacial score (nSPS) is 23.0. The Morgan fingerprint density at radius 2 is 1.86 bits per heavy atom. The van der Waals surface area contributed by atoms with Gasteiger partial charge in [-0.3, -0.25) is 4.79 Å². The fraction of sp³-hybridized carbons (Fsp3) is 0.682. The van der Waals surface area contributed by atoms with E-state index < -0.39 is 10.0 Å². The number of sulfonamides is 1. The van der Waals surface area contributed by atoms with Crippen molar-refractivity contribution in [2.75, 3.05) is 33.3 Å². The third-order valence-electron chi connectivity index (χ3n) is 5.82. The summed E-state index contributed by atoms with van der Waals surface area (Å²) in [5.74, 6) is 1.39. The zero-order chi connectivity index (χ0) is 21.2. The summed E-state index contributed by atoms with van der Waals surface area (Å²) in [6.07, 6.45) is 4.24. The van der Waals surface area contributed by atoms with E-state index in [0.29, 0.717) is 43.0 Å². The molecule has 1 saturated carbocycles. The van der Waals surface area contributed by atoms with Crippen molar-refractivity contribution in [3.8, 4) is 5.75 Å². The first-order chi connectivity index (χ1) is 13.8. The molecule has 0 bridgehead atoms. The van der Waals surface area contributed by atoms with Crippen molar-refractivity contribution in [2.45, 2.75) is 51.3 Å². The lowest BCUT2D eigenvalue weighted by atomic mass is 9.94. The van der Waals surface area contributed by atoms with Crippen LogP contribution in [0.15, 0.2) is 23.1 Å². The van der Waals surface area contributed by atoms with Gasteiger partial charge in [-0.25, -0.2) is 8.42 Å². The highest BCUT2D eigenvalue weighted by molar-refractivity contribution is 7.89. The lowest BCUT2D eigenvalue weighted by molar-refractivity contribution is 0.0747. The van der Waals surface area contributed by atoms with E-state index in [4.69, 9.17) is 4.74 Å². The van der Waals surface area contributed by atoms with E-state index in [1.807, 2.05) is 4.90 Å². The number of carbonyl (C=O) groups excluding carboxylic acids is 1. The van der Waals surface area contributed by atoms with E-state index in [1.54, 1.807) is 16.4 Å². The zero-order valence-electron chi connectivity index (χ0n) is 18.1. The molecule has 0 radical (unpaired) electrons. The first-order valence-electron chi connectivity index (χ1n) is 10.7. The van der Waals surface area contributed by atoms with Crippen molar-refractivity contribution >= 4 is 15.9 Å². The Kier molecular flexibility index (Phi) is 6.89. The first-order valence-corrected chi connectivity index (χ1v) is 12.2. The van der Waals surface area contributed by atoms with Crippen LogP contribution in [0, 0.1) is 17.8 Å². The highest BCUT2D eigenvalue weighted by atomic mass is 32.2. The number of carbonyl (C=O) groups is 1. The van der Waals surface area contributed by atoms with E-state index in [1.165, 1.54) is 26.0 Å². The highest BCUT2D eigenvalue weighted by Crippen LogP contribution is 2.33. The average molecular weight is 423 g/mol. The molecule has 1 aromatic carbocycles. The number of ether oxygens (including phenoxy) is 1. The number of nitrogens with zero attached hydrogens (tertiary/aromatic N) is 2. The monoisotopic (exact) mass is 422 g/mol. The van der Waals surface area contributed by atoms with Crippen LogP contribution in [0.3, 0.4) is 0 Å². The SMILES string of the molecule is CCCN(CC1CC1)C(=O)c1ccc(OC)c(S(=O)(=O)N2CC(C)CC(C)C2)c1. The minimum absolute atomic E-state index is 0.0926. The molecule has 0 spiro atoms. The quantitative estimate of drug-likeness (QED) is 0.642. The third-order valence-corrected chi connectivity index (χ3v) is 7.67. The molecule has 7 heteroatoms. The molecular weight excluding hydrogens is 388 g/mol.